The van der Waals surface area contributed by atoms with E-state index in [1.54, 1.807) is 60.5 Å². The van der Waals surface area contributed by atoms with E-state index >= 15 is 0 Å². The van der Waals surface area contributed by atoms with Crippen LogP contribution in [0.15, 0.2) is 72.9 Å². The summed E-state index contributed by atoms with van der Waals surface area (Å²) >= 11 is 0. The summed E-state index contributed by atoms with van der Waals surface area (Å²) in [5.74, 6) is -1.16. The summed E-state index contributed by atoms with van der Waals surface area (Å²) in [5.41, 5.74) is 1.22. The molecule has 1 aliphatic rings. The molecule has 50 heavy (non-hydrogen) atoms. The Morgan fingerprint density at radius 2 is 1.76 bits per heavy atom. The van der Waals surface area contributed by atoms with Gasteiger partial charge in [-0.05, 0) is 55.9 Å². The number of amides is 1. The van der Waals surface area contributed by atoms with Crippen molar-refractivity contribution in [1.29, 1.82) is 0 Å². The zero-order valence-corrected chi connectivity index (χ0v) is 28.4. The van der Waals surface area contributed by atoms with Gasteiger partial charge >= 0.3 is 12.1 Å². The maximum Gasteiger partial charge on any atom is 0.415 e. The first-order chi connectivity index (χ1) is 24.2. The fraction of sp³-hybridized carbons (Fsp3) is 0.314. The van der Waals surface area contributed by atoms with Gasteiger partial charge in [0.2, 0.25) is 8.38 Å². The molecule has 1 amide bonds. The van der Waals surface area contributed by atoms with Crippen LogP contribution in [0.25, 0.3) is 10.9 Å². The molecule has 0 spiro atoms. The average molecular weight is 711 g/mol. The molecule has 1 N–H and O–H groups in total. The summed E-state index contributed by atoms with van der Waals surface area (Å²) < 4.78 is 43.6. The number of nitrogens with zero attached hydrogens (tertiary/aromatic N) is 4. The molecule has 3 aromatic carbocycles. The highest BCUT2D eigenvalue weighted by Crippen LogP contribution is 2.41. The molecule has 2 atom stereocenters. The average Bonchev–Trinajstić information content (AvgIpc) is 3.13. The molecule has 2 unspecified atom stereocenters. The van der Waals surface area contributed by atoms with Crippen LogP contribution in [0.1, 0.15) is 28.4 Å². The largest absolute Gasteiger partial charge is 0.505 e. The van der Waals surface area contributed by atoms with E-state index in [4.69, 9.17) is 13.8 Å². The van der Waals surface area contributed by atoms with Gasteiger partial charge in [-0.25, -0.2) is 14.0 Å². The minimum absolute atomic E-state index is 0.0414. The number of rotatable bonds is 14. The van der Waals surface area contributed by atoms with Gasteiger partial charge in [0, 0.05) is 73.6 Å². The number of phenols is 1. The smallest absolute Gasteiger partial charge is 0.415 e. The van der Waals surface area contributed by atoms with Crippen molar-refractivity contribution in [2.24, 2.45) is 0 Å². The lowest BCUT2D eigenvalue weighted by Crippen LogP contribution is -2.50. The lowest BCUT2D eigenvalue weighted by molar-refractivity contribution is -0.191. The number of hydrogen-bond donors (Lipinski definition) is 1. The summed E-state index contributed by atoms with van der Waals surface area (Å²) in [7, 11) is 0.154. The zero-order valence-electron chi connectivity index (χ0n) is 27.5. The van der Waals surface area contributed by atoms with Gasteiger partial charge in [0.1, 0.15) is 22.8 Å². The van der Waals surface area contributed by atoms with Gasteiger partial charge < -0.3 is 23.8 Å². The van der Waals surface area contributed by atoms with E-state index in [9.17, 15) is 28.4 Å². The highest BCUT2D eigenvalue weighted by molar-refractivity contribution is 7.47. The van der Waals surface area contributed by atoms with Crippen LogP contribution < -0.4 is 9.26 Å². The number of aromatic nitrogens is 1. The molecular formula is C35H37F2N4O8P. The first kappa shape index (κ1) is 36.5. The SMILES string of the molecule is CC(OP(CCN1CCN(C(=O)Oc2c(CN(C)Cc3ccc(F)cc3)c(C=O)c(O)c3ncccc23)CC1)Oc1ccccc1)C(=O)OF. The minimum atomic E-state index is -1.64. The fourth-order valence-electron chi connectivity index (χ4n) is 5.49. The highest BCUT2D eigenvalue weighted by atomic mass is 31.2. The topological polar surface area (TPSA) is 131 Å². The van der Waals surface area contributed by atoms with Crippen molar-refractivity contribution in [2.75, 3.05) is 45.9 Å². The molecule has 0 aliphatic carbocycles. The second kappa shape index (κ2) is 17.3. The van der Waals surface area contributed by atoms with E-state index in [0.29, 0.717) is 68.4 Å². The predicted molar refractivity (Wildman–Crippen MR) is 181 cm³/mol. The molecule has 264 valence electrons. The third-order valence-electron chi connectivity index (χ3n) is 8.10. The molecule has 1 aromatic heterocycles. The number of ether oxygens (including phenoxy) is 1. The van der Waals surface area contributed by atoms with Crippen molar-refractivity contribution in [3.8, 4) is 17.2 Å². The number of benzene rings is 3. The number of para-hydroxylation sites is 1. The molecule has 2 heterocycles. The van der Waals surface area contributed by atoms with Gasteiger partial charge in [-0.1, -0.05) is 30.3 Å². The number of fused-ring (bicyclic) bond motifs is 1. The summed E-state index contributed by atoms with van der Waals surface area (Å²) in [4.78, 5) is 50.6. The van der Waals surface area contributed by atoms with Crippen LogP contribution >= 0.6 is 8.38 Å². The lowest BCUT2D eigenvalue weighted by Gasteiger charge is -2.34. The van der Waals surface area contributed by atoms with Crippen molar-refractivity contribution in [3.05, 3.63) is 95.4 Å². The number of aldehydes is 1. The molecule has 5 rings (SSSR count). The van der Waals surface area contributed by atoms with Gasteiger partial charge in [0.25, 0.3) is 0 Å². The Morgan fingerprint density at radius 1 is 1.04 bits per heavy atom. The third kappa shape index (κ3) is 9.27. The van der Waals surface area contributed by atoms with E-state index in [0.717, 1.165) is 5.56 Å². The number of piperazine rings is 1. The molecule has 0 bridgehead atoms. The van der Waals surface area contributed by atoms with E-state index in [2.05, 4.69) is 14.8 Å². The van der Waals surface area contributed by atoms with Gasteiger partial charge in [0.05, 0.1) is 5.56 Å². The molecule has 1 fully saturated rings. The Balaban J connectivity index is 1.26. The molecule has 4 aromatic rings. The van der Waals surface area contributed by atoms with Crippen molar-refractivity contribution >= 4 is 37.6 Å². The quantitative estimate of drug-likeness (QED) is 0.125. The van der Waals surface area contributed by atoms with Gasteiger partial charge in [-0.15, -0.1) is 0 Å². The second-order valence-corrected chi connectivity index (χ2v) is 13.2. The van der Waals surface area contributed by atoms with Crippen LogP contribution in [0, 0.1) is 5.82 Å². The Morgan fingerprint density at radius 3 is 2.44 bits per heavy atom. The maximum atomic E-state index is 13.6. The number of carbonyl (C=O) groups is 3. The summed E-state index contributed by atoms with van der Waals surface area (Å²) in [6, 6.07) is 18.3. The molecule has 15 heteroatoms. The van der Waals surface area contributed by atoms with Gasteiger partial charge in [0.15, 0.2) is 18.1 Å². The molecule has 0 saturated carbocycles. The molecular weight excluding hydrogens is 673 g/mol. The summed E-state index contributed by atoms with van der Waals surface area (Å²) in [5, 5.41) is 11.4. The van der Waals surface area contributed by atoms with Gasteiger partial charge in [-0.2, -0.15) is 0 Å². The molecule has 1 saturated heterocycles. The van der Waals surface area contributed by atoms with Crippen LogP contribution in [-0.4, -0.2) is 95.2 Å². The molecule has 1 aliphatic heterocycles. The van der Waals surface area contributed by atoms with Crippen molar-refractivity contribution in [1.82, 2.24) is 19.7 Å². The number of phenolic OH excluding ortho intramolecular Hbond substituents is 1. The Bertz CT molecular complexity index is 1780. The first-order valence-electron chi connectivity index (χ1n) is 15.9. The summed E-state index contributed by atoms with van der Waals surface area (Å²) in [6.07, 6.45) is 0.587. The van der Waals surface area contributed by atoms with Gasteiger partial charge in [-0.3, -0.25) is 24.5 Å². The fourth-order valence-corrected chi connectivity index (χ4v) is 6.97. The third-order valence-corrected chi connectivity index (χ3v) is 9.63. The molecule has 0 radical (unpaired) electrons. The number of hydrogen-bond acceptors (Lipinski definition) is 11. The summed E-state index contributed by atoms with van der Waals surface area (Å²) in [6.45, 7) is 4.07. The number of aromatic hydroxyl groups is 1. The number of pyridine rings is 1. The van der Waals surface area contributed by atoms with Crippen LogP contribution in [0.5, 0.6) is 17.2 Å². The number of carbonyl (C=O) groups excluding carboxylic acids is 3. The van der Waals surface area contributed by atoms with E-state index in [1.165, 1.54) is 25.3 Å². The Kier molecular flexibility index (Phi) is 12.6. The first-order valence-corrected chi connectivity index (χ1v) is 17.2. The van der Waals surface area contributed by atoms with Crippen molar-refractivity contribution in [2.45, 2.75) is 26.1 Å². The normalized spacial score (nSPS) is 14.7. The second-order valence-electron chi connectivity index (χ2n) is 11.7. The lowest BCUT2D eigenvalue weighted by atomic mass is 10.0. The monoisotopic (exact) mass is 710 g/mol. The van der Waals surface area contributed by atoms with Crippen LogP contribution in [0.3, 0.4) is 0 Å². The van der Waals surface area contributed by atoms with Crippen LogP contribution in [-0.2, 0) is 27.3 Å². The van der Waals surface area contributed by atoms with E-state index in [-0.39, 0.29) is 34.9 Å². The highest BCUT2D eigenvalue weighted by Gasteiger charge is 2.29. The zero-order chi connectivity index (χ0) is 35.6. The standard InChI is InChI=1S/C35H37F2N4O8P/c1-24(34(44)47-37)48-50(49-27-7-4-3-5-8-27)20-19-40-15-17-41(18-16-40)35(45)46-33-28-9-6-14-38-31(28)32(43)30(23-42)29(33)22-39(2)21-25-10-12-26(36)13-11-25/h3-14,23-24,43H,15-22H2,1-2H3. The number of halogens is 2. The van der Waals surface area contributed by atoms with Crippen molar-refractivity contribution in [3.63, 3.8) is 0 Å². The Hall–Kier alpha value is -4.75. The maximum absolute atomic E-state index is 13.6. The predicted octanol–water partition coefficient (Wildman–Crippen LogP) is 5.86. The van der Waals surface area contributed by atoms with E-state index < -0.39 is 26.5 Å². The van der Waals surface area contributed by atoms with Crippen LogP contribution in [0.2, 0.25) is 0 Å². The Labute approximate surface area is 288 Å². The van der Waals surface area contributed by atoms with Crippen LogP contribution in [0.4, 0.5) is 13.7 Å². The minimum Gasteiger partial charge on any atom is -0.505 e. The van der Waals surface area contributed by atoms with E-state index in [1.807, 2.05) is 11.0 Å². The molecule has 12 nitrogen and oxygen atoms in total. The van der Waals surface area contributed by atoms with Crippen molar-refractivity contribution < 1.29 is 47.1 Å².